The SMILES string of the molecule is COc1cccc(C2CC(O)CN2Cc2ccc(CO)cc2)c1. The molecule has 2 aromatic carbocycles. The van der Waals surface area contributed by atoms with Gasteiger partial charge in [0.05, 0.1) is 19.8 Å². The predicted octanol–water partition coefficient (Wildman–Crippen LogP) is 2.50. The molecule has 2 atom stereocenters. The highest BCUT2D eigenvalue weighted by atomic mass is 16.5. The summed E-state index contributed by atoms with van der Waals surface area (Å²) in [6.45, 7) is 1.52. The number of aliphatic hydroxyl groups is 2. The van der Waals surface area contributed by atoms with E-state index in [4.69, 9.17) is 9.84 Å². The fourth-order valence-corrected chi connectivity index (χ4v) is 3.23. The van der Waals surface area contributed by atoms with E-state index >= 15 is 0 Å². The van der Waals surface area contributed by atoms with Crippen LogP contribution in [-0.2, 0) is 13.2 Å². The van der Waals surface area contributed by atoms with Gasteiger partial charge in [0, 0.05) is 19.1 Å². The van der Waals surface area contributed by atoms with E-state index < -0.39 is 0 Å². The Balaban J connectivity index is 1.78. The van der Waals surface area contributed by atoms with Crippen LogP contribution >= 0.6 is 0 Å². The first kappa shape index (κ1) is 16.0. The fraction of sp³-hybridized carbons (Fsp3) is 0.368. The quantitative estimate of drug-likeness (QED) is 0.890. The lowest BCUT2D eigenvalue weighted by atomic mass is 10.0. The molecule has 4 heteroatoms. The lowest BCUT2D eigenvalue weighted by Crippen LogP contribution is -2.24. The molecule has 0 bridgehead atoms. The van der Waals surface area contributed by atoms with Crippen molar-refractivity contribution in [2.75, 3.05) is 13.7 Å². The van der Waals surface area contributed by atoms with E-state index in [1.807, 2.05) is 42.5 Å². The van der Waals surface area contributed by atoms with E-state index in [1.165, 1.54) is 11.1 Å². The summed E-state index contributed by atoms with van der Waals surface area (Å²) in [5.74, 6) is 0.844. The highest BCUT2D eigenvalue weighted by Gasteiger charge is 2.32. The van der Waals surface area contributed by atoms with Gasteiger partial charge in [0.2, 0.25) is 0 Å². The van der Waals surface area contributed by atoms with Gasteiger partial charge >= 0.3 is 0 Å². The lowest BCUT2D eigenvalue weighted by molar-refractivity contribution is 0.172. The molecule has 0 amide bonds. The van der Waals surface area contributed by atoms with Gasteiger partial charge in [-0.05, 0) is 35.2 Å². The number of ether oxygens (including phenoxy) is 1. The van der Waals surface area contributed by atoms with E-state index in [0.29, 0.717) is 6.54 Å². The molecule has 1 saturated heterocycles. The Kier molecular flexibility index (Phi) is 4.96. The molecule has 1 heterocycles. The highest BCUT2D eigenvalue weighted by Crippen LogP contribution is 2.34. The first-order valence-electron chi connectivity index (χ1n) is 7.94. The predicted molar refractivity (Wildman–Crippen MR) is 89.1 cm³/mol. The average Bonchev–Trinajstić information content (AvgIpc) is 2.96. The summed E-state index contributed by atoms with van der Waals surface area (Å²) in [5, 5.41) is 19.2. The van der Waals surface area contributed by atoms with Gasteiger partial charge in [0.25, 0.3) is 0 Å². The summed E-state index contributed by atoms with van der Waals surface area (Å²) in [4.78, 5) is 2.30. The van der Waals surface area contributed by atoms with Gasteiger partial charge < -0.3 is 14.9 Å². The van der Waals surface area contributed by atoms with Crippen LogP contribution in [0.2, 0.25) is 0 Å². The molecule has 2 aromatic rings. The summed E-state index contributed by atoms with van der Waals surface area (Å²) in [6.07, 6.45) is 0.435. The molecule has 0 aromatic heterocycles. The van der Waals surface area contributed by atoms with Gasteiger partial charge in [-0.15, -0.1) is 0 Å². The third-order valence-corrected chi connectivity index (χ3v) is 4.45. The molecule has 2 N–H and O–H groups in total. The van der Waals surface area contributed by atoms with Crippen molar-refractivity contribution in [3.8, 4) is 5.75 Å². The van der Waals surface area contributed by atoms with Gasteiger partial charge in [0.1, 0.15) is 5.75 Å². The molecule has 3 rings (SSSR count). The van der Waals surface area contributed by atoms with E-state index in [1.54, 1.807) is 7.11 Å². The smallest absolute Gasteiger partial charge is 0.119 e. The highest BCUT2D eigenvalue weighted by molar-refractivity contribution is 5.31. The van der Waals surface area contributed by atoms with E-state index in [0.717, 1.165) is 24.3 Å². The molecule has 122 valence electrons. The summed E-state index contributed by atoms with van der Waals surface area (Å²) in [7, 11) is 1.67. The summed E-state index contributed by atoms with van der Waals surface area (Å²) in [5.41, 5.74) is 3.27. The molecule has 1 aliphatic rings. The number of hydrogen-bond donors (Lipinski definition) is 2. The molecule has 1 aliphatic heterocycles. The van der Waals surface area contributed by atoms with Crippen molar-refractivity contribution in [2.24, 2.45) is 0 Å². The van der Waals surface area contributed by atoms with E-state index in [2.05, 4.69) is 11.0 Å². The summed E-state index contributed by atoms with van der Waals surface area (Å²) < 4.78 is 5.32. The number of likely N-dealkylation sites (tertiary alicyclic amines) is 1. The van der Waals surface area contributed by atoms with Gasteiger partial charge in [-0.2, -0.15) is 0 Å². The number of hydrogen-bond acceptors (Lipinski definition) is 4. The monoisotopic (exact) mass is 313 g/mol. The number of aliphatic hydroxyl groups excluding tert-OH is 2. The Labute approximate surface area is 136 Å². The largest absolute Gasteiger partial charge is 0.497 e. The second-order valence-electron chi connectivity index (χ2n) is 6.09. The maximum absolute atomic E-state index is 10.1. The second kappa shape index (κ2) is 7.13. The molecule has 0 radical (unpaired) electrons. The van der Waals surface area contributed by atoms with E-state index in [-0.39, 0.29) is 18.8 Å². The molecule has 1 fully saturated rings. The van der Waals surface area contributed by atoms with Crippen LogP contribution in [0.5, 0.6) is 5.75 Å². The summed E-state index contributed by atoms with van der Waals surface area (Å²) in [6, 6.07) is 16.2. The third kappa shape index (κ3) is 3.72. The second-order valence-corrected chi connectivity index (χ2v) is 6.09. The number of methoxy groups -OCH3 is 1. The Morgan fingerprint density at radius 1 is 1.13 bits per heavy atom. The van der Waals surface area contributed by atoms with Crippen molar-refractivity contribution in [1.82, 2.24) is 4.90 Å². The Bertz CT molecular complexity index is 641. The molecule has 23 heavy (non-hydrogen) atoms. The minimum absolute atomic E-state index is 0.0646. The average molecular weight is 313 g/mol. The molecule has 2 unspecified atom stereocenters. The number of β-amino-alcohol motifs (C(OH)–C–C–N with tert-alkyl or cyclic N) is 1. The van der Waals surface area contributed by atoms with Crippen molar-refractivity contribution in [3.05, 3.63) is 65.2 Å². The number of benzene rings is 2. The number of rotatable bonds is 5. The van der Waals surface area contributed by atoms with Crippen LogP contribution in [0.15, 0.2) is 48.5 Å². The van der Waals surface area contributed by atoms with Gasteiger partial charge in [0.15, 0.2) is 0 Å². The minimum atomic E-state index is -0.303. The van der Waals surface area contributed by atoms with Crippen LogP contribution < -0.4 is 4.74 Å². The molecule has 0 spiro atoms. The van der Waals surface area contributed by atoms with Crippen LogP contribution in [0.1, 0.15) is 29.2 Å². The maximum Gasteiger partial charge on any atom is 0.119 e. The van der Waals surface area contributed by atoms with Crippen molar-refractivity contribution < 1.29 is 14.9 Å². The molecular weight excluding hydrogens is 290 g/mol. The lowest BCUT2D eigenvalue weighted by Gasteiger charge is -2.25. The maximum atomic E-state index is 10.1. The van der Waals surface area contributed by atoms with Crippen molar-refractivity contribution in [3.63, 3.8) is 0 Å². The topological polar surface area (TPSA) is 52.9 Å². The normalized spacial score (nSPS) is 21.5. The van der Waals surface area contributed by atoms with Crippen molar-refractivity contribution >= 4 is 0 Å². The first-order valence-corrected chi connectivity index (χ1v) is 7.94. The first-order chi connectivity index (χ1) is 11.2. The molecule has 0 saturated carbocycles. The fourth-order valence-electron chi connectivity index (χ4n) is 3.23. The van der Waals surface area contributed by atoms with Crippen molar-refractivity contribution in [2.45, 2.75) is 31.7 Å². The zero-order valence-corrected chi connectivity index (χ0v) is 13.4. The van der Waals surface area contributed by atoms with Crippen LogP contribution in [0.4, 0.5) is 0 Å². The summed E-state index contributed by atoms with van der Waals surface area (Å²) >= 11 is 0. The standard InChI is InChI=1S/C19H23NO3/c1-23-18-4-2-3-16(9-18)19-10-17(22)12-20(19)11-14-5-7-15(13-21)8-6-14/h2-9,17,19,21-22H,10-13H2,1H3. The molecule has 0 aliphatic carbocycles. The minimum Gasteiger partial charge on any atom is -0.497 e. The van der Waals surface area contributed by atoms with Crippen LogP contribution in [0.3, 0.4) is 0 Å². The van der Waals surface area contributed by atoms with E-state index in [9.17, 15) is 5.11 Å². The van der Waals surface area contributed by atoms with Crippen molar-refractivity contribution in [1.29, 1.82) is 0 Å². The van der Waals surface area contributed by atoms with Gasteiger partial charge in [-0.3, -0.25) is 4.90 Å². The molecule has 4 nitrogen and oxygen atoms in total. The van der Waals surface area contributed by atoms with Gasteiger partial charge in [-0.1, -0.05) is 36.4 Å². The number of nitrogens with zero attached hydrogens (tertiary/aromatic N) is 1. The Morgan fingerprint density at radius 2 is 1.87 bits per heavy atom. The zero-order chi connectivity index (χ0) is 16.2. The van der Waals surface area contributed by atoms with Crippen LogP contribution in [0, 0.1) is 0 Å². The Morgan fingerprint density at radius 3 is 2.57 bits per heavy atom. The van der Waals surface area contributed by atoms with Crippen LogP contribution in [-0.4, -0.2) is 34.9 Å². The van der Waals surface area contributed by atoms with Gasteiger partial charge in [-0.25, -0.2) is 0 Å². The molecular formula is C19H23NO3. The zero-order valence-electron chi connectivity index (χ0n) is 13.4. The van der Waals surface area contributed by atoms with Crippen LogP contribution in [0.25, 0.3) is 0 Å². The third-order valence-electron chi connectivity index (χ3n) is 4.45. The Hall–Kier alpha value is -1.88.